The predicted molar refractivity (Wildman–Crippen MR) is 123 cm³/mol. The second-order valence-corrected chi connectivity index (χ2v) is 8.40. The third kappa shape index (κ3) is 5.34. The van der Waals surface area contributed by atoms with Crippen molar-refractivity contribution in [2.45, 2.75) is 51.3 Å². The van der Waals surface area contributed by atoms with Crippen LogP contribution in [0.5, 0.6) is 0 Å². The number of aliphatic hydroxyl groups is 1. The van der Waals surface area contributed by atoms with Crippen molar-refractivity contribution in [2.75, 3.05) is 6.61 Å². The summed E-state index contributed by atoms with van der Waals surface area (Å²) in [5.74, 6) is -2.45. The van der Waals surface area contributed by atoms with E-state index in [4.69, 9.17) is 4.74 Å². The van der Waals surface area contributed by atoms with Crippen molar-refractivity contribution in [1.82, 2.24) is 10.6 Å². The van der Waals surface area contributed by atoms with Crippen LogP contribution >= 0.6 is 0 Å². The lowest BCUT2D eigenvalue weighted by atomic mass is 9.97. The molecule has 8 heteroatoms. The number of ether oxygens (including phenoxy) is 1. The molecule has 0 aliphatic heterocycles. The number of aliphatic hydroxyl groups excluding tert-OH is 1. The number of amides is 2. The normalized spacial score (nSPS) is 16.0. The van der Waals surface area contributed by atoms with Gasteiger partial charge in [-0.05, 0) is 35.1 Å². The van der Waals surface area contributed by atoms with E-state index in [-0.39, 0.29) is 18.4 Å². The van der Waals surface area contributed by atoms with E-state index < -0.39 is 36.2 Å². The lowest BCUT2D eigenvalue weighted by molar-refractivity contribution is -0.145. The monoisotopic (exact) mass is 454 g/mol. The zero-order valence-electron chi connectivity index (χ0n) is 18.9. The van der Waals surface area contributed by atoms with Gasteiger partial charge in [-0.1, -0.05) is 68.8 Å². The minimum absolute atomic E-state index is 0.0974. The van der Waals surface area contributed by atoms with Gasteiger partial charge in [0.2, 0.25) is 5.91 Å². The standard InChI is InChI=1S/C25H30N2O6/c1-4-14(2)21(23(29)26-22(15(3)28)24(30)31)27-25(32)33-13-20-18-11-7-5-9-16(18)17-10-6-8-12-19(17)20/h5-12,14-15,20-22,28H,4,13H2,1-3H3,(H,26,29)(H,27,32)(H,30,31)/t14?,15-,21?,22+/m1/s1. The third-order valence-corrected chi connectivity index (χ3v) is 6.16. The van der Waals surface area contributed by atoms with E-state index in [2.05, 4.69) is 10.6 Å². The molecule has 2 amide bonds. The predicted octanol–water partition coefficient (Wildman–Crippen LogP) is 2.89. The number of carboxylic acid groups (broad SMARTS) is 1. The smallest absolute Gasteiger partial charge is 0.407 e. The Kier molecular flexibility index (Phi) is 7.71. The fraction of sp³-hybridized carbons (Fsp3) is 0.400. The minimum Gasteiger partial charge on any atom is -0.480 e. The highest BCUT2D eigenvalue weighted by atomic mass is 16.5. The zero-order chi connectivity index (χ0) is 24.1. The summed E-state index contributed by atoms with van der Waals surface area (Å²) in [7, 11) is 0. The second kappa shape index (κ2) is 10.5. The van der Waals surface area contributed by atoms with Crippen molar-refractivity contribution in [2.24, 2.45) is 5.92 Å². The molecule has 8 nitrogen and oxygen atoms in total. The summed E-state index contributed by atoms with van der Waals surface area (Å²) in [6.45, 7) is 5.00. The number of alkyl carbamates (subject to hydrolysis) is 1. The first-order chi connectivity index (χ1) is 15.7. The molecule has 0 saturated heterocycles. The molecule has 2 unspecified atom stereocenters. The number of benzene rings is 2. The van der Waals surface area contributed by atoms with Gasteiger partial charge in [0.05, 0.1) is 6.10 Å². The van der Waals surface area contributed by atoms with E-state index in [0.717, 1.165) is 22.3 Å². The molecule has 0 radical (unpaired) electrons. The second-order valence-electron chi connectivity index (χ2n) is 8.40. The van der Waals surface area contributed by atoms with Crippen molar-refractivity contribution >= 4 is 18.0 Å². The number of rotatable bonds is 9. The van der Waals surface area contributed by atoms with Gasteiger partial charge in [0.25, 0.3) is 0 Å². The van der Waals surface area contributed by atoms with Crippen molar-refractivity contribution < 1.29 is 29.3 Å². The summed E-state index contributed by atoms with van der Waals surface area (Å²) in [4.78, 5) is 36.7. The molecule has 1 aliphatic carbocycles. The summed E-state index contributed by atoms with van der Waals surface area (Å²) in [6, 6.07) is 13.5. The molecular formula is C25H30N2O6. The quantitative estimate of drug-likeness (QED) is 0.462. The van der Waals surface area contributed by atoms with Gasteiger partial charge in [-0.3, -0.25) is 4.79 Å². The molecule has 3 rings (SSSR count). The van der Waals surface area contributed by atoms with E-state index >= 15 is 0 Å². The molecule has 0 saturated carbocycles. The molecule has 4 N–H and O–H groups in total. The van der Waals surface area contributed by atoms with Crippen molar-refractivity contribution in [1.29, 1.82) is 0 Å². The van der Waals surface area contributed by atoms with E-state index in [1.165, 1.54) is 6.92 Å². The average molecular weight is 455 g/mol. The first-order valence-corrected chi connectivity index (χ1v) is 11.1. The molecule has 176 valence electrons. The molecule has 0 aromatic heterocycles. The number of carbonyl (C=O) groups is 3. The van der Waals surface area contributed by atoms with Crippen LogP contribution in [0.25, 0.3) is 11.1 Å². The van der Waals surface area contributed by atoms with Crippen LogP contribution in [-0.4, -0.2) is 53.0 Å². The molecule has 0 bridgehead atoms. The summed E-state index contributed by atoms with van der Waals surface area (Å²) in [5.41, 5.74) is 4.36. The topological polar surface area (TPSA) is 125 Å². The summed E-state index contributed by atoms with van der Waals surface area (Å²) in [5, 5.41) is 23.8. The van der Waals surface area contributed by atoms with Crippen molar-refractivity contribution in [3.05, 3.63) is 59.7 Å². The van der Waals surface area contributed by atoms with Crippen molar-refractivity contribution in [3.8, 4) is 11.1 Å². The molecule has 0 heterocycles. The number of hydrogen-bond acceptors (Lipinski definition) is 5. The van der Waals surface area contributed by atoms with Gasteiger partial charge in [0, 0.05) is 5.92 Å². The maximum Gasteiger partial charge on any atom is 0.407 e. The van der Waals surface area contributed by atoms with E-state index in [9.17, 15) is 24.6 Å². The maximum absolute atomic E-state index is 12.7. The average Bonchev–Trinajstić information content (AvgIpc) is 3.12. The maximum atomic E-state index is 12.7. The van der Waals surface area contributed by atoms with Gasteiger partial charge < -0.3 is 25.6 Å². The van der Waals surface area contributed by atoms with Gasteiger partial charge in [-0.25, -0.2) is 9.59 Å². The minimum atomic E-state index is -1.48. The Labute approximate surface area is 193 Å². The number of carbonyl (C=O) groups excluding carboxylic acids is 2. The number of nitrogens with one attached hydrogen (secondary N) is 2. The fourth-order valence-electron chi connectivity index (χ4n) is 4.10. The lowest BCUT2D eigenvalue weighted by Gasteiger charge is -2.26. The first-order valence-electron chi connectivity index (χ1n) is 11.1. The summed E-state index contributed by atoms with van der Waals surface area (Å²) < 4.78 is 5.52. The number of fused-ring (bicyclic) bond motifs is 3. The number of hydrogen-bond donors (Lipinski definition) is 4. The Hall–Kier alpha value is -3.39. The van der Waals surface area contributed by atoms with Gasteiger partial charge in [0.15, 0.2) is 6.04 Å². The van der Waals surface area contributed by atoms with Crippen LogP contribution in [0.2, 0.25) is 0 Å². The highest BCUT2D eigenvalue weighted by molar-refractivity contribution is 5.89. The van der Waals surface area contributed by atoms with E-state index in [1.54, 1.807) is 6.92 Å². The Morgan fingerprint density at radius 2 is 1.48 bits per heavy atom. The Morgan fingerprint density at radius 1 is 0.939 bits per heavy atom. The van der Waals surface area contributed by atoms with Gasteiger partial charge in [0.1, 0.15) is 12.6 Å². The highest BCUT2D eigenvalue weighted by Gasteiger charge is 2.33. The lowest BCUT2D eigenvalue weighted by Crippen LogP contribution is -2.56. The Bertz CT molecular complexity index is 976. The van der Waals surface area contributed by atoms with Gasteiger partial charge >= 0.3 is 12.1 Å². The molecule has 0 spiro atoms. The summed E-state index contributed by atoms with van der Waals surface area (Å²) in [6.07, 6.45) is -1.49. The van der Waals surface area contributed by atoms with E-state index in [0.29, 0.717) is 6.42 Å². The van der Waals surface area contributed by atoms with Crippen LogP contribution in [0.3, 0.4) is 0 Å². The molecule has 33 heavy (non-hydrogen) atoms. The van der Waals surface area contributed by atoms with Crippen LogP contribution in [-0.2, 0) is 14.3 Å². The molecule has 1 aliphatic rings. The largest absolute Gasteiger partial charge is 0.480 e. The molecule has 4 atom stereocenters. The van der Waals surface area contributed by atoms with Crippen LogP contribution in [0.4, 0.5) is 4.79 Å². The SMILES string of the molecule is CCC(C)C(NC(=O)OCC1c2ccccc2-c2ccccc21)C(=O)N[C@H](C(=O)O)[C@@H](C)O. The number of aliphatic carboxylic acids is 1. The fourth-order valence-corrected chi connectivity index (χ4v) is 4.10. The van der Waals surface area contributed by atoms with Crippen LogP contribution < -0.4 is 10.6 Å². The Balaban J connectivity index is 1.69. The molecule has 2 aromatic rings. The van der Waals surface area contributed by atoms with Crippen LogP contribution in [0.1, 0.15) is 44.2 Å². The van der Waals surface area contributed by atoms with Crippen LogP contribution in [0.15, 0.2) is 48.5 Å². The van der Waals surface area contributed by atoms with Crippen molar-refractivity contribution in [3.63, 3.8) is 0 Å². The van der Waals surface area contributed by atoms with Gasteiger partial charge in [-0.2, -0.15) is 0 Å². The summed E-state index contributed by atoms with van der Waals surface area (Å²) >= 11 is 0. The highest BCUT2D eigenvalue weighted by Crippen LogP contribution is 2.44. The number of carboxylic acids is 1. The van der Waals surface area contributed by atoms with Gasteiger partial charge in [-0.15, -0.1) is 0 Å². The molecule has 2 aromatic carbocycles. The zero-order valence-corrected chi connectivity index (χ0v) is 18.9. The third-order valence-electron chi connectivity index (χ3n) is 6.16. The van der Waals surface area contributed by atoms with Crippen LogP contribution in [0, 0.1) is 5.92 Å². The molecule has 0 fully saturated rings. The molecular weight excluding hydrogens is 424 g/mol. The van der Waals surface area contributed by atoms with E-state index in [1.807, 2.05) is 55.5 Å². The Morgan fingerprint density at radius 3 is 1.97 bits per heavy atom. The first kappa shape index (κ1) is 24.3.